The molecular formula is C24H23NO5. The fourth-order valence-corrected chi connectivity index (χ4v) is 4.36. The van der Waals surface area contributed by atoms with Gasteiger partial charge in [0.2, 0.25) is 0 Å². The Kier molecular flexibility index (Phi) is 4.80. The van der Waals surface area contributed by atoms with Crippen LogP contribution in [0.25, 0.3) is 0 Å². The van der Waals surface area contributed by atoms with Crippen molar-refractivity contribution in [2.45, 2.75) is 39.2 Å². The first-order valence-corrected chi connectivity index (χ1v) is 9.93. The molecule has 0 aromatic heterocycles. The Morgan fingerprint density at radius 2 is 1.60 bits per heavy atom. The van der Waals surface area contributed by atoms with E-state index in [0.717, 1.165) is 11.1 Å². The number of nitrogens with zero attached hydrogens (tertiary/aromatic N) is 1. The number of carbonyl (C=O) groups excluding carboxylic acids is 4. The van der Waals surface area contributed by atoms with E-state index in [-0.39, 0.29) is 30.1 Å². The molecule has 0 saturated carbocycles. The van der Waals surface area contributed by atoms with Gasteiger partial charge in [-0.2, -0.15) is 0 Å². The fraction of sp³-hybridized carbons (Fsp3) is 0.333. The monoisotopic (exact) mass is 405 g/mol. The van der Waals surface area contributed by atoms with Crippen molar-refractivity contribution < 1.29 is 23.9 Å². The minimum Gasteiger partial charge on any atom is -0.469 e. The van der Waals surface area contributed by atoms with Crippen LogP contribution in [0.1, 0.15) is 62.5 Å². The Labute approximate surface area is 174 Å². The number of imide groups is 1. The standard InChI is InChI=1S/C24H23NO5/c1-24(2,13-20(26)30-3)21(27)15-9-8-14-11-17(12-16(14)10-15)25-22(28)18-6-4-5-7-19(18)23(25)29/h4-10,17H,11-13H2,1-3H3. The van der Waals surface area contributed by atoms with E-state index in [1.165, 1.54) is 12.0 Å². The van der Waals surface area contributed by atoms with Crippen LogP contribution in [0, 0.1) is 5.41 Å². The second-order valence-corrected chi connectivity index (χ2v) is 8.54. The van der Waals surface area contributed by atoms with Crippen LogP contribution in [0.2, 0.25) is 0 Å². The number of methoxy groups -OCH3 is 1. The number of hydrogen-bond donors (Lipinski definition) is 0. The molecule has 30 heavy (non-hydrogen) atoms. The molecule has 2 amide bonds. The molecule has 1 aliphatic carbocycles. The molecule has 2 aromatic carbocycles. The summed E-state index contributed by atoms with van der Waals surface area (Å²) in [5.41, 5.74) is 2.50. The first kappa shape index (κ1) is 20.0. The highest BCUT2D eigenvalue weighted by molar-refractivity contribution is 6.21. The topological polar surface area (TPSA) is 80.8 Å². The second-order valence-electron chi connectivity index (χ2n) is 8.54. The number of amides is 2. The SMILES string of the molecule is COC(=O)CC(C)(C)C(=O)c1ccc2c(c1)CC(N1C(=O)c3ccccc3C1=O)C2. The Hall–Kier alpha value is -3.28. The lowest BCUT2D eigenvalue weighted by Gasteiger charge is -2.22. The van der Waals surface area contributed by atoms with Gasteiger partial charge >= 0.3 is 5.97 Å². The van der Waals surface area contributed by atoms with E-state index in [0.29, 0.717) is 29.5 Å². The summed E-state index contributed by atoms with van der Waals surface area (Å²) in [5, 5.41) is 0. The van der Waals surface area contributed by atoms with Gasteiger partial charge in [0.15, 0.2) is 5.78 Å². The first-order chi connectivity index (χ1) is 14.2. The van der Waals surface area contributed by atoms with Crippen molar-refractivity contribution in [2.24, 2.45) is 5.41 Å². The zero-order chi connectivity index (χ0) is 21.6. The van der Waals surface area contributed by atoms with Gasteiger partial charge in [0.05, 0.1) is 24.7 Å². The number of rotatable bonds is 5. The molecule has 0 saturated heterocycles. The van der Waals surface area contributed by atoms with Crippen LogP contribution < -0.4 is 0 Å². The van der Waals surface area contributed by atoms with Crippen molar-refractivity contribution in [1.82, 2.24) is 4.90 Å². The van der Waals surface area contributed by atoms with Gasteiger partial charge in [-0.3, -0.25) is 24.1 Å². The molecule has 2 aromatic rings. The molecule has 1 atom stereocenters. The van der Waals surface area contributed by atoms with E-state index < -0.39 is 11.4 Å². The second kappa shape index (κ2) is 7.20. The molecule has 0 radical (unpaired) electrons. The molecule has 0 fully saturated rings. The van der Waals surface area contributed by atoms with Crippen molar-refractivity contribution in [2.75, 3.05) is 7.11 Å². The van der Waals surface area contributed by atoms with E-state index >= 15 is 0 Å². The molecule has 0 spiro atoms. The van der Waals surface area contributed by atoms with Gasteiger partial charge in [0.1, 0.15) is 0 Å². The summed E-state index contributed by atoms with van der Waals surface area (Å²) in [5.74, 6) is -1.09. The average Bonchev–Trinajstić information content (AvgIpc) is 3.25. The fourth-order valence-electron chi connectivity index (χ4n) is 4.36. The number of fused-ring (bicyclic) bond motifs is 2. The Bertz CT molecular complexity index is 1050. The predicted octanol–water partition coefficient (Wildman–Crippen LogP) is 3.22. The number of hydrogen-bond acceptors (Lipinski definition) is 5. The first-order valence-electron chi connectivity index (χ1n) is 9.93. The van der Waals surface area contributed by atoms with Crippen molar-refractivity contribution in [1.29, 1.82) is 0 Å². The number of esters is 1. The van der Waals surface area contributed by atoms with Gasteiger partial charge in [0.25, 0.3) is 11.8 Å². The molecule has 4 rings (SSSR count). The lowest BCUT2D eigenvalue weighted by molar-refractivity contribution is -0.142. The molecule has 6 heteroatoms. The Morgan fingerprint density at radius 3 is 2.20 bits per heavy atom. The number of ketones is 1. The summed E-state index contributed by atoms with van der Waals surface area (Å²) in [6, 6.07) is 12.1. The van der Waals surface area contributed by atoms with Gasteiger partial charge in [-0.1, -0.05) is 38.1 Å². The third-order valence-corrected chi connectivity index (χ3v) is 6.00. The van der Waals surface area contributed by atoms with E-state index in [9.17, 15) is 19.2 Å². The summed E-state index contributed by atoms with van der Waals surface area (Å²) in [6.07, 6.45) is 1.08. The molecule has 1 unspecified atom stereocenters. The maximum absolute atomic E-state index is 13.0. The number of benzene rings is 2. The molecule has 0 N–H and O–H groups in total. The lowest BCUT2D eigenvalue weighted by atomic mass is 9.81. The summed E-state index contributed by atoms with van der Waals surface area (Å²) in [4.78, 5) is 51.6. The van der Waals surface area contributed by atoms with Gasteiger partial charge in [-0.05, 0) is 42.2 Å². The quantitative estimate of drug-likeness (QED) is 0.433. The van der Waals surface area contributed by atoms with E-state index in [1.54, 1.807) is 44.2 Å². The van der Waals surface area contributed by atoms with Crippen LogP contribution in [0.3, 0.4) is 0 Å². The van der Waals surface area contributed by atoms with Gasteiger partial charge < -0.3 is 4.74 Å². The highest BCUT2D eigenvalue weighted by atomic mass is 16.5. The van der Waals surface area contributed by atoms with Gasteiger partial charge in [-0.15, -0.1) is 0 Å². The number of carbonyl (C=O) groups is 4. The van der Waals surface area contributed by atoms with Crippen LogP contribution in [0.5, 0.6) is 0 Å². The van der Waals surface area contributed by atoms with Crippen LogP contribution in [-0.4, -0.2) is 41.6 Å². The molecule has 154 valence electrons. The maximum Gasteiger partial charge on any atom is 0.306 e. The molecule has 1 heterocycles. The van der Waals surface area contributed by atoms with Crippen molar-refractivity contribution in [3.8, 4) is 0 Å². The Morgan fingerprint density at radius 1 is 1.00 bits per heavy atom. The third-order valence-electron chi connectivity index (χ3n) is 6.00. The van der Waals surface area contributed by atoms with Gasteiger partial charge in [-0.25, -0.2) is 0 Å². The third kappa shape index (κ3) is 3.22. The largest absolute Gasteiger partial charge is 0.469 e. The maximum atomic E-state index is 13.0. The van der Waals surface area contributed by atoms with Crippen molar-refractivity contribution in [3.63, 3.8) is 0 Å². The summed E-state index contributed by atoms with van der Waals surface area (Å²) < 4.78 is 4.70. The van der Waals surface area contributed by atoms with Crippen LogP contribution in [-0.2, 0) is 22.4 Å². The van der Waals surface area contributed by atoms with E-state index in [1.807, 2.05) is 12.1 Å². The van der Waals surface area contributed by atoms with Crippen molar-refractivity contribution in [3.05, 3.63) is 70.3 Å². The molecular weight excluding hydrogens is 382 g/mol. The molecule has 2 aliphatic rings. The average molecular weight is 405 g/mol. The smallest absolute Gasteiger partial charge is 0.306 e. The predicted molar refractivity (Wildman–Crippen MR) is 109 cm³/mol. The molecule has 1 aliphatic heterocycles. The normalized spacial score (nSPS) is 17.7. The summed E-state index contributed by atoms with van der Waals surface area (Å²) in [6.45, 7) is 3.45. The minimum absolute atomic E-state index is 0.00289. The molecule has 0 bridgehead atoms. The molecule has 6 nitrogen and oxygen atoms in total. The van der Waals surface area contributed by atoms with E-state index in [2.05, 4.69) is 0 Å². The van der Waals surface area contributed by atoms with Crippen LogP contribution in [0.4, 0.5) is 0 Å². The highest BCUT2D eigenvalue weighted by Gasteiger charge is 2.42. The van der Waals surface area contributed by atoms with Gasteiger partial charge in [0, 0.05) is 17.0 Å². The van der Waals surface area contributed by atoms with E-state index in [4.69, 9.17) is 4.74 Å². The Balaban J connectivity index is 1.55. The number of ether oxygens (including phenoxy) is 1. The van der Waals surface area contributed by atoms with Crippen molar-refractivity contribution >= 4 is 23.6 Å². The minimum atomic E-state index is -0.887. The lowest BCUT2D eigenvalue weighted by Crippen LogP contribution is -2.40. The van der Waals surface area contributed by atoms with Crippen LogP contribution >= 0.6 is 0 Å². The summed E-state index contributed by atoms with van der Waals surface area (Å²) in [7, 11) is 1.30. The zero-order valence-corrected chi connectivity index (χ0v) is 17.2. The van der Waals surface area contributed by atoms with Crippen LogP contribution in [0.15, 0.2) is 42.5 Å². The zero-order valence-electron chi connectivity index (χ0n) is 17.2. The summed E-state index contributed by atoms with van der Waals surface area (Å²) >= 11 is 0. The highest BCUT2D eigenvalue weighted by Crippen LogP contribution is 2.34. The number of Topliss-reactive ketones (excluding diaryl/α,β-unsaturated/α-hetero) is 1.